The fourth-order valence-corrected chi connectivity index (χ4v) is 2.42. The predicted octanol–water partition coefficient (Wildman–Crippen LogP) is 1.56. The van der Waals surface area contributed by atoms with Crippen LogP contribution in [0.25, 0.3) is 0 Å². The molecule has 1 aliphatic rings. The minimum atomic E-state index is -0.195. The molecule has 0 aliphatic heterocycles. The maximum Gasteiger partial charge on any atom is 0.228 e. The summed E-state index contributed by atoms with van der Waals surface area (Å²) in [6.07, 6.45) is 0.643. The molecule has 0 aromatic heterocycles. The Morgan fingerprint density at radius 3 is 2.55 bits per heavy atom. The predicted molar refractivity (Wildman–Crippen MR) is 87.7 cm³/mol. The van der Waals surface area contributed by atoms with Crippen molar-refractivity contribution in [2.24, 2.45) is 11.8 Å². The third kappa shape index (κ3) is 4.07. The van der Waals surface area contributed by atoms with Gasteiger partial charge in [0, 0.05) is 18.8 Å². The number of aryl methyl sites for hydroxylation is 1. The van der Waals surface area contributed by atoms with Crippen molar-refractivity contribution >= 4 is 17.5 Å². The molecule has 0 radical (unpaired) electrons. The summed E-state index contributed by atoms with van der Waals surface area (Å²) in [6, 6.07) is 5.84. The van der Waals surface area contributed by atoms with Gasteiger partial charge in [-0.2, -0.15) is 0 Å². The van der Waals surface area contributed by atoms with E-state index in [4.69, 9.17) is 0 Å². The SMILES string of the molecule is Cc1cccc(NC(=O)C2CC2C(=O)NCCN(C)C)c1C. The molecule has 0 bridgehead atoms. The normalized spacial score (nSPS) is 19.9. The highest BCUT2D eigenvalue weighted by molar-refractivity contribution is 6.00. The Morgan fingerprint density at radius 2 is 1.86 bits per heavy atom. The van der Waals surface area contributed by atoms with Crippen LogP contribution in [0.4, 0.5) is 5.69 Å². The van der Waals surface area contributed by atoms with Crippen LogP contribution < -0.4 is 10.6 Å². The molecular formula is C17H25N3O2. The molecule has 2 rings (SSSR count). The quantitative estimate of drug-likeness (QED) is 0.838. The topological polar surface area (TPSA) is 61.4 Å². The summed E-state index contributed by atoms with van der Waals surface area (Å²) in [5.74, 6) is -0.434. The Morgan fingerprint density at radius 1 is 1.18 bits per heavy atom. The second-order valence-corrected chi connectivity index (χ2v) is 6.28. The van der Waals surface area contributed by atoms with E-state index in [1.807, 2.05) is 51.0 Å². The van der Waals surface area contributed by atoms with E-state index < -0.39 is 0 Å². The monoisotopic (exact) mass is 303 g/mol. The summed E-state index contributed by atoms with van der Waals surface area (Å²) < 4.78 is 0. The van der Waals surface area contributed by atoms with Crippen LogP contribution >= 0.6 is 0 Å². The number of hydrogen-bond acceptors (Lipinski definition) is 3. The lowest BCUT2D eigenvalue weighted by molar-refractivity contribution is -0.125. The van der Waals surface area contributed by atoms with Crippen LogP contribution in [-0.4, -0.2) is 43.9 Å². The van der Waals surface area contributed by atoms with Crippen molar-refractivity contribution in [1.82, 2.24) is 10.2 Å². The highest BCUT2D eigenvalue weighted by Crippen LogP contribution is 2.39. The van der Waals surface area contributed by atoms with Crippen LogP contribution in [0.15, 0.2) is 18.2 Å². The van der Waals surface area contributed by atoms with E-state index >= 15 is 0 Å². The van der Waals surface area contributed by atoms with Crippen LogP contribution in [-0.2, 0) is 9.59 Å². The van der Waals surface area contributed by atoms with Gasteiger partial charge >= 0.3 is 0 Å². The number of benzene rings is 1. The first kappa shape index (κ1) is 16.5. The maximum atomic E-state index is 12.2. The molecule has 1 aromatic rings. The van der Waals surface area contributed by atoms with Gasteiger partial charge in [0.1, 0.15) is 0 Å². The van der Waals surface area contributed by atoms with Gasteiger partial charge in [-0.15, -0.1) is 0 Å². The summed E-state index contributed by atoms with van der Waals surface area (Å²) in [5.41, 5.74) is 3.05. The van der Waals surface area contributed by atoms with Crippen molar-refractivity contribution in [3.8, 4) is 0 Å². The van der Waals surface area contributed by atoms with Crippen molar-refractivity contribution in [2.75, 3.05) is 32.5 Å². The largest absolute Gasteiger partial charge is 0.355 e. The van der Waals surface area contributed by atoms with Crippen molar-refractivity contribution in [2.45, 2.75) is 20.3 Å². The van der Waals surface area contributed by atoms with Gasteiger partial charge < -0.3 is 15.5 Å². The van der Waals surface area contributed by atoms with Gasteiger partial charge in [0.15, 0.2) is 0 Å². The molecule has 0 saturated heterocycles. The molecule has 2 N–H and O–H groups in total. The molecule has 5 heteroatoms. The Balaban J connectivity index is 1.83. The van der Waals surface area contributed by atoms with E-state index in [-0.39, 0.29) is 23.7 Å². The summed E-state index contributed by atoms with van der Waals surface area (Å²) in [4.78, 5) is 26.2. The fourth-order valence-electron chi connectivity index (χ4n) is 2.42. The summed E-state index contributed by atoms with van der Waals surface area (Å²) in [6.45, 7) is 5.43. The van der Waals surface area contributed by atoms with E-state index in [0.29, 0.717) is 13.0 Å². The van der Waals surface area contributed by atoms with E-state index in [1.165, 1.54) is 0 Å². The second kappa shape index (κ2) is 6.92. The highest BCUT2D eigenvalue weighted by atomic mass is 16.2. The first-order valence-electron chi connectivity index (χ1n) is 7.69. The molecule has 1 aliphatic carbocycles. The Hall–Kier alpha value is -1.88. The Labute approximate surface area is 132 Å². The van der Waals surface area contributed by atoms with Crippen LogP contribution in [0, 0.1) is 25.7 Å². The molecule has 0 heterocycles. The third-order valence-electron chi connectivity index (χ3n) is 4.18. The number of hydrogen-bond donors (Lipinski definition) is 2. The first-order chi connectivity index (χ1) is 10.4. The molecule has 1 aromatic carbocycles. The van der Waals surface area contributed by atoms with Crippen molar-refractivity contribution in [1.29, 1.82) is 0 Å². The lowest BCUT2D eigenvalue weighted by Crippen LogP contribution is -2.33. The number of nitrogens with zero attached hydrogens (tertiary/aromatic N) is 1. The molecular weight excluding hydrogens is 278 g/mol. The van der Waals surface area contributed by atoms with Gasteiger partial charge in [-0.1, -0.05) is 12.1 Å². The number of rotatable bonds is 6. The number of anilines is 1. The van der Waals surface area contributed by atoms with Gasteiger partial charge in [-0.25, -0.2) is 0 Å². The highest BCUT2D eigenvalue weighted by Gasteiger charge is 2.47. The Kier molecular flexibility index (Phi) is 5.19. The van der Waals surface area contributed by atoms with Gasteiger partial charge in [-0.3, -0.25) is 9.59 Å². The summed E-state index contributed by atoms with van der Waals surface area (Å²) in [7, 11) is 3.92. The van der Waals surface area contributed by atoms with Gasteiger partial charge in [-0.05, 0) is 51.6 Å². The van der Waals surface area contributed by atoms with Crippen LogP contribution in [0.2, 0.25) is 0 Å². The van der Waals surface area contributed by atoms with Crippen LogP contribution in [0.5, 0.6) is 0 Å². The average Bonchev–Trinajstić information content (AvgIpc) is 3.24. The third-order valence-corrected chi connectivity index (χ3v) is 4.18. The van der Waals surface area contributed by atoms with Crippen molar-refractivity contribution in [3.63, 3.8) is 0 Å². The van der Waals surface area contributed by atoms with Crippen LogP contribution in [0.1, 0.15) is 17.5 Å². The molecule has 120 valence electrons. The minimum Gasteiger partial charge on any atom is -0.355 e. The van der Waals surface area contributed by atoms with Gasteiger partial charge in [0.25, 0.3) is 0 Å². The molecule has 22 heavy (non-hydrogen) atoms. The number of amides is 2. The lowest BCUT2D eigenvalue weighted by Gasteiger charge is -2.11. The number of nitrogens with one attached hydrogen (secondary N) is 2. The first-order valence-corrected chi connectivity index (χ1v) is 7.69. The summed E-state index contributed by atoms with van der Waals surface area (Å²) >= 11 is 0. The molecule has 5 nitrogen and oxygen atoms in total. The zero-order valence-corrected chi connectivity index (χ0v) is 13.8. The van der Waals surface area contributed by atoms with Crippen LogP contribution in [0.3, 0.4) is 0 Å². The average molecular weight is 303 g/mol. The molecule has 1 fully saturated rings. The molecule has 2 atom stereocenters. The van der Waals surface area contributed by atoms with E-state index in [9.17, 15) is 9.59 Å². The van der Waals surface area contributed by atoms with Gasteiger partial charge in [0.05, 0.1) is 11.8 Å². The van der Waals surface area contributed by atoms with Crippen molar-refractivity contribution in [3.05, 3.63) is 29.3 Å². The van der Waals surface area contributed by atoms with E-state index in [2.05, 4.69) is 10.6 Å². The maximum absolute atomic E-state index is 12.2. The number of carbonyl (C=O) groups excluding carboxylic acids is 2. The van der Waals surface area contributed by atoms with Gasteiger partial charge in [0.2, 0.25) is 11.8 Å². The fraction of sp³-hybridized carbons (Fsp3) is 0.529. The van der Waals surface area contributed by atoms with E-state index in [0.717, 1.165) is 23.4 Å². The number of carbonyl (C=O) groups is 2. The zero-order chi connectivity index (χ0) is 16.3. The molecule has 0 spiro atoms. The summed E-state index contributed by atoms with van der Waals surface area (Å²) in [5, 5.41) is 5.83. The molecule has 2 unspecified atom stereocenters. The minimum absolute atomic E-state index is 0.0111. The molecule has 2 amide bonds. The molecule has 1 saturated carbocycles. The van der Waals surface area contributed by atoms with Crippen molar-refractivity contribution < 1.29 is 9.59 Å². The van der Waals surface area contributed by atoms with E-state index in [1.54, 1.807) is 0 Å². The zero-order valence-electron chi connectivity index (χ0n) is 13.8. The smallest absolute Gasteiger partial charge is 0.228 e. The number of likely N-dealkylation sites (N-methyl/N-ethyl adjacent to an activating group) is 1. The second-order valence-electron chi connectivity index (χ2n) is 6.28. The lowest BCUT2D eigenvalue weighted by atomic mass is 10.1. The standard InChI is InChI=1S/C17H25N3O2/c1-11-6-5-7-15(12(11)2)19-17(22)14-10-13(14)16(21)18-8-9-20(3)4/h5-7,13-14H,8-10H2,1-4H3,(H,18,21)(H,19,22). The Bertz CT molecular complexity index is 569.